The first-order chi connectivity index (χ1) is 15.4. The van der Waals surface area contributed by atoms with Crippen molar-refractivity contribution < 1.29 is 26.9 Å². The maximum absolute atomic E-state index is 12.2. The number of rotatable bonds is 10. The third-order valence-corrected chi connectivity index (χ3v) is 6.06. The first-order valence-electron chi connectivity index (χ1n) is 10.3. The van der Waals surface area contributed by atoms with Gasteiger partial charge in [-0.05, 0) is 67.8 Å². The summed E-state index contributed by atoms with van der Waals surface area (Å²) in [4.78, 5) is 11.8. The van der Waals surface area contributed by atoms with E-state index in [1.807, 2.05) is 43.3 Å². The largest absolute Gasteiger partial charge is 0.489 e. The van der Waals surface area contributed by atoms with Gasteiger partial charge < -0.3 is 9.47 Å². The van der Waals surface area contributed by atoms with Gasteiger partial charge in [0.05, 0.1) is 23.7 Å². The summed E-state index contributed by atoms with van der Waals surface area (Å²) in [6, 6.07) is 21.1. The minimum Gasteiger partial charge on any atom is -0.489 e. The summed E-state index contributed by atoms with van der Waals surface area (Å²) in [5, 5.41) is 0. The SMILES string of the molecule is CCOC(=O)c1ccc(COc2ccc(CCOS(=O)(=O)c3ccc(C)cc3)cc2)cc1. The van der Waals surface area contributed by atoms with Gasteiger partial charge in [-0.3, -0.25) is 4.18 Å². The molecule has 32 heavy (non-hydrogen) atoms. The van der Waals surface area contributed by atoms with Gasteiger partial charge in [-0.2, -0.15) is 8.42 Å². The molecule has 0 aliphatic heterocycles. The number of carbonyl (C=O) groups excluding carboxylic acids is 1. The summed E-state index contributed by atoms with van der Waals surface area (Å²) in [5.41, 5.74) is 3.36. The van der Waals surface area contributed by atoms with Crippen LogP contribution < -0.4 is 4.74 Å². The summed E-state index contributed by atoms with van der Waals surface area (Å²) in [7, 11) is -3.76. The Kier molecular flexibility index (Phi) is 8.03. The quantitative estimate of drug-likeness (QED) is 0.326. The van der Waals surface area contributed by atoms with Gasteiger partial charge in [0.1, 0.15) is 12.4 Å². The molecule has 0 spiro atoms. The number of aryl methyl sites for hydroxylation is 1. The Morgan fingerprint density at radius 2 is 1.47 bits per heavy atom. The molecule has 0 radical (unpaired) electrons. The van der Waals surface area contributed by atoms with Crippen LogP contribution in [0.4, 0.5) is 0 Å². The summed E-state index contributed by atoms with van der Waals surface area (Å²) in [6.07, 6.45) is 0.459. The second-order valence-corrected chi connectivity index (χ2v) is 8.80. The highest BCUT2D eigenvalue weighted by Gasteiger charge is 2.14. The lowest BCUT2D eigenvalue weighted by Crippen LogP contribution is -2.09. The minimum absolute atomic E-state index is 0.0588. The Labute approximate surface area is 188 Å². The summed E-state index contributed by atoms with van der Waals surface area (Å²) in [5.74, 6) is 0.350. The monoisotopic (exact) mass is 454 g/mol. The van der Waals surface area contributed by atoms with Crippen LogP contribution in [-0.2, 0) is 32.1 Å². The highest BCUT2D eigenvalue weighted by molar-refractivity contribution is 7.86. The highest BCUT2D eigenvalue weighted by atomic mass is 32.2. The topological polar surface area (TPSA) is 78.9 Å². The zero-order valence-electron chi connectivity index (χ0n) is 18.1. The van der Waals surface area contributed by atoms with E-state index in [1.165, 1.54) is 0 Å². The smallest absolute Gasteiger partial charge is 0.338 e. The van der Waals surface area contributed by atoms with Gasteiger partial charge in [-0.15, -0.1) is 0 Å². The minimum atomic E-state index is -3.76. The van der Waals surface area contributed by atoms with Gasteiger partial charge in [0.25, 0.3) is 10.1 Å². The van der Waals surface area contributed by atoms with Crippen molar-refractivity contribution in [1.29, 1.82) is 0 Å². The number of benzene rings is 3. The maximum atomic E-state index is 12.2. The van der Waals surface area contributed by atoms with E-state index in [0.717, 1.165) is 16.7 Å². The number of esters is 1. The second-order valence-electron chi connectivity index (χ2n) is 7.19. The van der Waals surface area contributed by atoms with Crippen molar-refractivity contribution >= 4 is 16.1 Å². The number of carbonyl (C=O) groups is 1. The molecule has 0 amide bonds. The number of ether oxygens (including phenoxy) is 2. The fraction of sp³-hybridized carbons (Fsp3) is 0.240. The van der Waals surface area contributed by atoms with E-state index in [0.29, 0.717) is 30.9 Å². The van der Waals surface area contributed by atoms with Crippen LogP contribution in [0.2, 0.25) is 0 Å². The molecule has 0 bridgehead atoms. The third kappa shape index (κ3) is 6.67. The van der Waals surface area contributed by atoms with Gasteiger partial charge in [0.2, 0.25) is 0 Å². The molecule has 7 heteroatoms. The first-order valence-corrected chi connectivity index (χ1v) is 11.7. The van der Waals surface area contributed by atoms with Gasteiger partial charge in [-0.1, -0.05) is 42.0 Å². The molecule has 3 rings (SSSR count). The van der Waals surface area contributed by atoms with Crippen molar-refractivity contribution in [3.63, 3.8) is 0 Å². The second kappa shape index (κ2) is 10.9. The van der Waals surface area contributed by atoms with Gasteiger partial charge in [-0.25, -0.2) is 4.79 Å². The highest BCUT2D eigenvalue weighted by Crippen LogP contribution is 2.17. The van der Waals surface area contributed by atoms with Crippen LogP contribution in [0.3, 0.4) is 0 Å². The van der Waals surface area contributed by atoms with E-state index >= 15 is 0 Å². The van der Waals surface area contributed by atoms with E-state index in [9.17, 15) is 13.2 Å². The van der Waals surface area contributed by atoms with Crippen molar-refractivity contribution in [3.05, 3.63) is 95.1 Å². The molecule has 3 aromatic rings. The van der Waals surface area contributed by atoms with Gasteiger partial charge in [0, 0.05) is 0 Å². The molecule has 0 heterocycles. The van der Waals surface area contributed by atoms with Crippen molar-refractivity contribution in [1.82, 2.24) is 0 Å². The lowest BCUT2D eigenvalue weighted by atomic mass is 10.1. The Morgan fingerprint density at radius 3 is 2.09 bits per heavy atom. The average molecular weight is 455 g/mol. The molecular weight excluding hydrogens is 428 g/mol. The standard InChI is InChI=1S/C25H26O6S/c1-3-29-25(26)22-10-6-21(7-11-22)18-30-23-12-8-20(9-13-23)16-17-31-32(27,28)24-14-4-19(2)5-15-24/h4-15H,3,16-18H2,1-2H3. The molecule has 0 aromatic heterocycles. The first kappa shape index (κ1) is 23.5. The summed E-state index contributed by atoms with van der Waals surface area (Å²) < 4.78 is 40.4. The Hall–Kier alpha value is -3.16. The van der Waals surface area contributed by atoms with Crippen LogP contribution in [0, 0.1) is 6.92 Å². The molecule has 6 nitrogen and oxygen atoms in total. The number of hydrogen-bond donors (Lipinski definition) is 0. The average Bonchev–Trinajstić information content (AvgIpc) is 2.79. The van der Waals surface area contributed by atoms with Gasteiger partial charge >= 0.3 is 5.97 Å². The molecule has 0 saturated carbocycles. The lowest BCUT2D eigenvalue weighted by molar-refractivity contribution is 0.0526. The van der Waals surface area contributed by atoms with E-state index < -0.39 is 10.1 Å². The molecule has 0 atom stereocenters. The predicted octanol–water partition coefficient (Wildman–Crippen LogP) is 4.70. The van der Waals surface area contributed by atoms with E-state index in [1.54, 1.807) is 43.3 Å². The van der Waals surface area contributed by atoms with Crippen molar-refractivity contribution in [2.45, 2.75) is 31.8 Å². The number of hydrogen-bond acceptors (Lipinski definition) is 6. The molecule has 0 saturated heterocycles. The maximum Gasteiger partial charge on any atom is 0.338 e. The van der Waals surface area contributed by atoms with Crippen LogP contribution >= 0.6 is 0 Å². The van der Waals surface area contributed by atoms with Crippen molar-refractivity contribution in [2.75, 3.05) is 13.2 Å². The van der Waals surface area contributed by atoms with Crippen LogP contribution in [0.1, 0.15) is 34.0 Å². The van der Waals surface area contributed by atoms with E-state index in [2.05, 4.69) is 0 Å². The fourth-order valence-corrected chi connectivity index (χ4v) is 3.82. The summed E-state index contributed by atoms with van der Waals surface area (Å²) >= 11 is 0. The lowest BCUT2D eigenvalue weighted by Gasteiger charge is -2.09. The molecule has 3 aromatic carbocycles. The summed E-state index contributed by atoms with van der Waals surface area (Å²) in [6.45, 7) is 4.43. The van der Waals surface area contributed by atoms with Crippen LogP contribution in [0.25, 0.3) is 0 Å². The van der Waals surface area contributed by atoms with Crippen LogP contribution in [-0.4, -0.2) is 27.6 Å². The molecule has 0 fully saturated rings. The van der Waals surface area contributed by atoms with Crippen molar-refractivity contribution in [2.24, 2.45) is 0 Å². The normalized spacial score (nSPS) is 11.2. The molecule has 0 aliphatic carbocycles. The van der Waals surface area contributed by atoms with Crippen LogP contribution in [0.5, 0.6) is 5.75 Å². The molecule has 0 N–H and O–H groups in total. The molecule has 0 aliphatic rings. The van der Waals surface area contributed by atoms with E-state index in [4.69, 9.17) is 13.7 Å². The molecule has 168 valence electrons. The van der Waals surface area contributed by atoms with E-state index in [-0.39, 0.29) is 17.5 Å². The van der Waals surface area contributed by atoms with Crippen molar-refractivity contribution in [3.8, 4) is 5.75 Å². The molecule has 0 unspecified atom stereocenters. The van der Waals surface area contributed by atoms with Crippen LogP contribution in [0.15, 0.2) is 77.7 Å². The Balaban J connectivity index is 1.47. The fourth-order valence-electron chi connectivity index (χ4n) is 2.91. The Bertz CT molecular complexity index is 1120. The zero-order valence-corrected chi connectivity index (χ0v) is 18.9. The zero-order chi connectivity index (χ0) is 23.0. The Morgan fingerprint density at radius 1 is 0.844 bits per heavy atom. The molecular formula is C25H26O6S. The van der Waals surface area contributed by atoms with Gasteiger partial charge in [0.15, 0.2) is 0 Å². The third-order valence-electron chi connectivity index (χ3n) is 4.73. The predicted molar refractivity (Wildman–Crippen MR) is 121 cm³/mol.